The Morgan fingerprint density at radius 2 is 1.78 bits per heavy atom. The van der Waals surface area contributed by atoms with Gasteiger partial charge in [-0.3, -0.25) is 0 Å². The van der Waals surface area contributed by atoms with E-state index in [2.05, 4.69) is 18.7 Å². The number of benzene rings is 1. The van der Waals surface area contributed by atoms with Crippen molar-refractivity contribution in [2.75, 3.05) is 19.6 Å². The summed E-state index contributed by atoms with van der Waals surface area (Å²) in [6, 6.07) is 10.1. The molecule has 0 saturated carbocycles. The largest absolute Gasteiger partial charge is 0.388 e. The van der Waals surface area contributed by atoms with Crippen LogP contribution in [0.4, 0.5) is 0 Å². The number of piperidine rings is 1. The molecule has 1 atom stereocenters. The highest BCUT2D eigenvalue weighted by Gasteiger charge is 2.26. The highest BCUT2D eigenvalue weighted by Crippen LogP contribution is 2.30. The highest BCUT2D eigenvalue weighted by atomic mass is 16.3. The zero-order valence-corrected chi connectivity index (χ0v) is 11.5. The molecule has 2 nitrogen and oxygen atoms in total. The topological polar surface area (TPSA) is 23.5 Å². The van der Waals surface area contributed by atoms with E-state index in [0.29, 0.717) is 5.92 Å². The fourth-order valence-electron chi connectivity index (χ4n) is 2.89. The summed E-state index contributed by atoms with van der Waals surface area (Å²) in [7, 11) is 0. The Labute approximate surface area is 111 Å². The molecule has 2 heteroatoms. The second-order valence-corrected chi connectivity index (χ2v) is 5.89. The molecule has 0 spiro atoms. The lowest BCUT2D eigenvalue weighted by Gasteiger charge is -2.35. The van der Waals surface area contributed by atoms with Gasteiger partial charge < -0.3 is 10.0 Å². The Bertz CT molecular complexity index is 341. The van der Waals surface area contributed by atoms with Crippen LogP contribution in [-0.2, 0) is 0 Å². The minimum absolute atomic E-state index is 0.285. The standard InChI is InChI=1S/C16H25NO/c1-13(2)12-17-10-8-15(9-11-17)16(18)14-6-4-3-5-7-14/h3-7,13,15-16,18H,8-12H2,1-2H3. The summed E-state index contributed by atoms with van der Waals surface area (Å²) >= 11 is 0. The Kier molecular flexibility index (Phi) is 4.79. The summed E-state index contributed by atoms with van der Waals surface area (Å²) in [5.74, 6) is 1.16. The first-order valence-corrected chi connectivity index (χ1v) is 7.12. The van der Waals surface area contributed by atoms with E-state index < -0.39 is 0 Å². The molecule has 1 aliphatic heterocycles. The van der Waals surface area contributed by atoms with E-state index in [1.54, 1.807) is 0 Å². The van der Waals surface area contributed by atoms with Crippen molar-refractivity contribution in [3.8, 4) is 0 Å². The Balaban J connectivity index is 1.86. The van der Waals surface area contributed by atoms with E-state index in [9.17, 15) is 5.11 Å². The summed E-state index contributed by atoms with van der Waals surface area (Å²) in [5, 5.41) is 10.4. The van der Waals surface area contributed by atoms with Crippen molar-refractivity contribution in [2.45, 2.75) is 32.8 Å². The van der Waals surface area contributed by atoms with Gasteiger partial charge in [0.1, 0.15) is 0 Å². The Morgan fingerprint density at radius 1 is 1.17 bits per heavy atom. The summed E-state index contributed by atoms with van der Waals surface area (Å²) in [6.45, 7) is 7.99. The molecule has 1 unspecified atom stereocenters. The second-order valence-electron chi connectivity index (χ2n) is 5.89. The zero-order chi connectivity index (χ0) is 13.0. The maximum absolute atomic E-state index is 10.4. The summed E-state index contributed by atoms with van der Waals surface area (Å²) in [6.07, 6.45) is 1.94. The van der Waals surface area contributed by atoms with Gasteiger partial charge in [0.15, 0.2) is 0 Å². The molecule has 0 amide bonds. The number of rotatable bonds is 4. The predicted molar refractivity (Wildman–Crippen MR) is 75.4 cm³/mol. The first kappa shape index (κ1) is 13.6. The first-order chi connectivity index (χ1) is 8.66. The maximum Gasteiger partial charge on any atom is 0.0819 e. The van der Waals surface area contributed by atoms with E-state index >= 15 is 0 Å². The molecule has 1 heterocycles. The number of likely N-dealkylation sites (tertiary alicyclic amines) is 1. The van der Waals surface area contributed by atoms with Crippen LogP contribution in [0.25, 0.3) is 0 Å². The third kappa shape index (κ3) is 3.56. The minimum atomic E-state index is -0.285. The Hall–Kier alpha value is -0.860. The van der Waals surface area contributed by atoms with Crippen molar-refractivity contribution in [3.05, 3.63) is 35.9 Å². The molecule has 1 aromatic rings. The van der Waals surface area contributed by atoms with Gasteiger partial charge in [-0.2, -0.15) is 0 Å². The number of aliphatic hydroxyl groups is 1. The fourth-order valence-corrected chi connectivity index (χ4v) is 2.89. The van der Waals surface area contributed by atoms with Gasteiger partial charge in [0.25, 0.3) is 0 Å². The highest BCUT2D eigenvalue weighted by molar-refractivity contribution is 5.18. The molecule has 0 radical (unpaired) electrons. The van der Waals surface area contributed by atoms with E-state index in [1.165, 1.54) is 6.54 Å². The molecule has 0 aromatic heterocycles. The summed E-state index contributed by atoms with van der Waals surface area (Å²) < 4.78 is 0. The average molecular weight is 247 g/mol. The molecule has 1 aromatic carbocycles. The quantitative estimate of drug-likeness (QED) is 0.884. The molecule has 1 saturated heterocycles. The molecular weight excluding hydrogens is 222 g/mol. The van der Waals surface area contributed by atoms with Crippen molar-refractivity contribution < 1.29 is 5.11 Å². The third-order valence-corrected chi connectivity index (χ3v) is 3.84. The van der Waals surface area contributed by atoms with Crippen molar-refractivity contribution in [2.24, 2.45) is 11.8 Å². The van der Waals surface area contributed by atoms with Crippen LogP contribution < -0.4 is 0 Å². The van der Waals surface area contributed by atoms with Crippen LogP contribution in [0.2, 0.25) is 0 Å². The molecule has 1 fully saturated rings. The van der Waals surface area contributed by atoms with E-state index in [1.807, 2.05) is 30.3 Å². The SMILES string of the molecule is CC(C)CN1CCC(C(O)c2ccccc2)CC1. The van der Waals surface area contributed by atoms with Crippen LogP contribution >= 0.6 is 0 Å². The summed E-state index contributed by atoms with van der Waals surface area (Å²) in [5.41, 5.74) is 1.07. The van der Waals surface area contributed by atoms with Crippen molar-refractivity contribution in [3.63, 3.8) is 0 Å². The smallest absolute Gasteiger partial charge is 0.0819 e. The van der Waals surface area contributed by atoms with E-state index in [4.69, 9.17) is 0 Å². The lowest BCUT2D eigenvalue weighted by Crippen LogP contribution is -2.37. The third-order valence-electron chi connectivity index (χ3n) is 3.84. The number of hydrogen-bond acceptors (Lipinski definition) is 2. The van der Waals surface area contributed by atoms with Gasteiger partial charge in [0.2, 0.25) is 0 Å². The Morgan fingerprint density at radius 3 is 2.33 bits per heavy atom. The van der Waals surface area contributed by atoms with Crippen LogP contribution in [0, 0.1) is 11.8 Å². The van der Waals surface area contributed by atoms with E-state index in [0.717, 1.165) is 37.4 Å². The van der Waals surface area contributed by atoms with Gasteiger partial charge in [0, 0.05) is 6.54 Å². The molecule has 0 bridgehead atoms. The molecule has 1 aliphatic rings. The van der Waals surface area contributed by atoms with Crippen molar-refractivity contribution in [1.29, 1.82) is 0 Å². The van der Waals surface area contributed by atoms with Crippen LogP contribution in [0.15, 0.2) is 30.3 Å². The fraction of sp³-hybridized carbons (Fsp3) is 0.625. The molecule has 1 N–H and O–H groups in total. The zero-order valence-electron chi connectivity index (χ0n) is 11.5. The molecule has 100 valence electrons. The van der Waals surface area contributed by atoms with Crippen molar-refractivity contribution in [1.82, 2.24) is 4.90 Å². The van der Waals surface area contributed by atoms with E-state index in [-0.39, 0.29) is 6.10 Å². The van der Waals surface area contributed by atoms with Gasteiger partial charge in [0.05, 0.1) is 6.10 Å². The van der Waals surface area contributed by atoms with Gasteiger partial charge >= 0.3 is 0 Å². The second kappa shape index (κ2) is 6.35. The minimum Gasteiger partial charge on any atom is -0.388 e. The van der Waals surface area contributed by atoms with Gasteiger partial charge in [-0.05, 0) is 43.3 Å². The monoisotopic (exact) mass is 247 g/mol. The van der Waals surface area contributed by atoms with Crippen LogP contribution in [0.5, 0.6) is 0 Å². The number of nitrogens with zero attached hydrogens (tertiary/aromatic N) is 1. The van der Waals surface area contributed by atoms with Crippen LogP contribution in [0.1, 0.15) is 38.4 Å². The predicted octanol–water partition coefficient (Wildman–Crippen LogP) is 3.09. The van der Waals surface area contributed by atoms with Crippen molar-refractivity contribution >= 4 is 0 Å². The van der Waals surface area contributed by atoms with Gasteiger partial charge in [-0.15, -0.1) is 0 Å². The maximum atomic E-state index is 10.4. The number of hydrogen-bond donors (Lipinski definition) is 1. The lowest BCUT2D eigenvalue weighted by atomic mass is 9.87. The van der Waals surface area contributed by atoms with Gasteiger partial charge in [-0.25, -0.2) is 0 Å². The average Bonchev–Trinajstić information content (AvgIpc) is 2.39. The van der Waals surface area contributed by atoms with Gasteiger partial charge in [-0.1, -0.05) is 44.2 Å². The van der Waals surface area contributed by atoms with Crippen LogP contribution in [0.3, 0.4) is 0 Å². The molecule has 0 aliphatic carbocycles. The first-order valence-electron chi connectivity index (χ1n) is 7.12. The molecular formula is C16H25NO. The molecule has 2 rings (SSSR count). The normalized spacial score (nSPS) is 20.2. The summed E-state index contributed by atoms with van der Waals surface area (Å²) in [4.78, 5) is 2.53. The van der Waals surface area contributed by atoms with Crippen LogP contribution in [-0.4, -0.2) is 29.6 Å². The molecule has 18 heavy (non-hydrogen) atoms. The number of aliphatic hydroxyl groups excluding tert-OH is 1. The lowest BCUT2D eigenvalue weighted by molar-refractivity contribution is 0.0557.